The van der Waals surface area contributed by atoms with E-state index in [1.807, 2.05) is 0 Å². The van der Waals surface area contributed by atoms with Gasteiger partial charge in [-0.2, -0.15) is 0 Å². The highest BCUT2D eigenvalue weighted by Gasteiger charge is 2.16. The number of fused-ring (bicyclic) bond motifs is 1. The fourth-order valence-electron chi connectivity index (χ4n) is 2.68. The van der Waals surface area contributed by atoms with Crippen LogP contribution in [-0.4, -0.2) is 5.54 Å². The third-order valence-corrected chi connectivity index (χ3v) is 3.90. The molecule has 0 saturated carbocycles. The van der Waals surface area contributed by atoms with Crippen molar-refractivity contribution in [3.05, 3.63) is 34.9 Å². The third-order valence-electron chi connectivity index (χ3n) is 3.90. The second-order valence-electron chi connectivity index (χ2n) is 6.37. The summed E-state index contributed by atoms with van der Waals surface area (Å²) in [6.07, 6.45) is 7.04. The van der Waals surface area contributed by atoms with Crippen molar-refractivity contribution in [1.29, 1.82) is 0 Å². The zero-order chi connectivity index (χ0) is 13.2. The van der Waals surface area contributed by atoms with Crippen LogP contribution in [0.1, 0.15) is 62.3 Å². The van der Waals surface area contributed by atoms with Crippen LogP contribution in [0, 0.1) is 0 Å². The smallest absolute Gasteiger partial charge is 0.0295 e. The van der Waals surface area contributed by atoms with Gasteiger partial charge >= 0.3 is 0 Å². The maximum absolute atomic E-state index is 6.28. The zero-order valence-electron chi connectivity index (χ0n) is 11.7. The number of rotatable bonds is 4. The highest BCUT2D eigenvalue weighted by molar-refractivity contribution is 5.35. The molecule has 0 saturated heterocycles. The molecule has 2 heteroatoms. The van der Waals surface area contributed by atoms with Gasteiger partial charge in [0.25, 0.3) is 0 Å². The molecule has 0 radical (unpaired) electrons. The molecule has 4 N–H and O–H groups in total. The van der Waals surface area contributed by atoms with Crippen LogP contribution in [-0.2, 0) is 12.8 Å². The SMILES string of the molecule is CC(C)(N)CCC(N)c1ccc2c(c1)CCCC2. The minimum Gasteiger partial charge on any atom is -0.326 e. The largest absolute Gasteiger partial charge is 0.326 e. The van der Waals surface area contributed by atoms with E-state index in [2.05, 4.69) is 32.0 Å². The molecule has 18 heavy (non-hydrogen) atoms. The predicted molar refractivity (Wildman–Crippen MR) is 77.5 cm³/mol. The van der Waals surface area contributed by atoms with E-state index in [9.17, 15) is 0 Å². The first-order chi connectivity index (χ1) is 8.46. The summed E-state index contributed by atoms with van der Waals surface area (Å²) in [7, 11) is 0. The summed E-state index contributed by atoms with van der Waals surface area (Å²) in [6.45, 7) is 4.12. The molecule has 1 aromatic carbocycles. The molecule has 0 spiro atoms. The number of nitrogens with two attached hydrogens (primary N) is 2. The van der Waals surface area contributed by atoms with Gasteiger partial charge in [0, 0.05) is 11.6 Å². The van der Waals surface area contributed by atoms with Gasteiger partial charge in [0.15, 0.2) is 0 Å². The molecule has 1 aliphatic carbocycles. The highest BCUT2D eigenvalue weighted by Crippen LogP contribution is 2.26. The normalized spacial score (nSPS) is 17.3. The van der Waals surface area contributed by atoms with Gasteiger partial charge < -0.3 is 11.5 Å². The van der Waals surface area contributed by atoms with Crippen LogP contribution in [0.5, 0.6) is 0 Å². The molecule has 1 aliphatic rings. The van der Waals surface area contributed by atoms with Crippen LogP contribution in [0.3, 0.4) is 0 Å². The number of hydrogen-bond donors (Lipinski definition) is 2. The molecule has 1 unspecified atom stereocenters. The predicted octanol–water partition coefficient (Wildman–Crippen LogP) is 3.08. The van der Waals surface area contributed by atoms with Gasteiger partial charge in [-0.3, -0.25) is 0 Å². The Hall–Kier alpha value is -0.860. The van der Waals surface area contributed by atoms with E-state index in [-0.39, 0.29) is 11.6 Å². The summed E-state index contributed by atoms with van der Waals surface area (Å²) >= 11 is 0. The lowest BCUT2D eigenvalue weighted by Crippen LogP contribution is -2.32. The molecule has 2 rings (SSSR count). The summed E-state index contributed by atoms with van der Waals surface area (Å²) in [4.78, 5) is 0. The first kappa shape index (κ1) is 13.6. The molecule has 0 amide bonds. The highest BCUT2D eigenvalue weighted by atomic mass is 14.7. The van der Waals surface area contributed by atoms with Gasteiger partial charge in [-0.15, -0.1) is 0 Å². The summed E-state index contributed by atoms with van der Waals surface area (Å²) in [5, 5.41) is 0. The van der Waals surface area contributed by atoms with Crippen molar-refractivity contribution in [1.82, 2.24) is 0 Å². The van der Waals surface area contributed by atoms with Crippen LogP contribution in [0.2, 0.25) is 0 Å². The van der Waals surface area contributed by atoms with E-state index in [0.717, 1.165) is 12.8 Å². The van der Waals surface area contributed by atoms with Crippen molar-refractivity contribution in [2.75, 3.05) is 0 Å². The van der Waals surface area contributed by atoms with E-state index >= 15 is 0 Å². The summed E-state index contributed by atoms with van der Waals surface area (Å²) in [5.74, 6) is 0. The van der Waals surface area contributed by atoms with Crippen molar-refractivity contribution in [2.24, 2.45) is 11.5 Å². The Morgan fingerprint density at radius 1 is 1.17 bits per heavy atom. The van der Waals surface area contributed by atoms with E-state index in [1.165, 1.54) is 42.4 Å². The molecule has 100 valence electrons. The maximum atomic E-state index is 6.28. The van der Waals surface area contributed by atoms with Crippen molar-refractivity contribution in [3.63, 3.8) is 0 Å². The van der Waals surface area contributed by atoms with Gasteiger partial charge in [0.2, 0.25) is 0 Å². The van der Waals surface area contributed by atoms with Crippen molar-refractivity contribution in [3.8, 4) is 0 Å². The summed E-state index contributed by atoms with van der Waals surface area (Å²) in [6, 6.07) is 6.93. The third kappa shape index (κ3) is 3.56. The van der Waals surface area contributed by atoms with E-state index < -0.39 is 0 Å². The Morgan fingerprint density at radius 3 is 2.50 bits per heavy atom. The Kier molecular flexibility index (Phi) is 4.08. The topological polar surface area (TPSA) is 52.0 Å². The Balaban J connectivity index is 2.04. The molecule has 1 atom stereocenters. The summed E-state index contributed by atoms with van der Waals surface area (Å²) in [5.41, 5.74) is 16.5. The quantitative estimate of drug-likeness (QED) is 0.857. The van der Waals surface area contributed by atoms with Gasteiger partial charge in [-0.1, -0.05) is 18.2 Å². The van der Waals surface area contributed by atoms with Gasteiger partial charge in [-0.25, -0.2) is 0 Å². The molecule has 0 aliphatic heterocycles. The molecular formula is C16H26N2. The monoisotopic (exact) mass is 246 g/mol. The fraction of sp³-hybridized carbons (Fsp3) is 0.625. The van der Waals surface area contributed by atoms with Gasteiger partial charge in [-0.05, 0) is 69.1 Å². The van der Waals surface area contributed by atoms with Crippen LogP contribution in [0.15, 0.2) is 18.2 Å². The van der Waals surface area contributed by atoms with Crippen LogP contribution in [0.4, 0.5) is 0 Å². The van der Waals surface area contributed by atoms with Crippen molar-refractivity contribution in [2.45, 2.75) is 64.0 Å². The minimum absolute atomic E-state index is 0.119. The Morgan fingerprint density at radius 2 is 1.83 bits per heavy atom. The molecule has 2 nitrogen and oxygen atoms in total. The van der Waals surface area contributed by atoms with E-state index in [0.29, 0.717) is 0 Å². The van der Waals surface area contributed by atoms with Gasteiger partial charge in [0.05, 0.1) is 0 Å². The standard InChI is InChI=1S/C16H26N2/c1-16(2,18)10-9-15(17)14-8-7-12-5-3-4-6-13(12)11-14/h7-8,11,15H,3-6,9-10,17-18H2,1-2H3. The van der Waals surface area contributed by atoms with Crippen molar-refractivity contribution >= 4 is 0 Å². The van der Waals surface area contributed by atoms with Crippen molar-refractivity contribution < 1.29 is 0 Å². The Bertz CT molecular complexity index is 404. The van der Waals surface area contributed by atoms with E-state index in [1.54, 1.807) is 0 Å². The lowest BCUT2D eigenvalue weighted by molar-refractivity contribution is 0.433. The molecular weight excluding hydrogens is 220 g/mol. The fourth-order valence-corrected chi connectivity index (χ4v) is 2.68. The number of aryl methyl sites for hydroxylation is 2. The minimum atomic E-state index is -0.119. The molecule has 0 fully saturated rings. The molecule has 0 aromatic heterocycles. The average molecular weight is 246 g/mol. The second kappa shape index (κ2) is 5.41. The molecule has 0 bridgehead atoms. The van der Waals surface area contributed by atoms with E-state index in [4.69, 9.17) is 11.5 Å². The maximum Gasteiger partial charge on any atom is 0.0295 e. The van der Waals surface area contributed by atoms with Crippen LogP contribution >= 0.6 is 0 Å². The molecule has 0 heterocycles. The van der Waals surface area contributed by atoms with Crippen LogP contribution < -0.4 is 11.5 Å². The van der Waals surface area contributed by atoms with Gasteiger partial charge in [0.1, 0.15) is 0 Å². The Labute approximate surface area is 111 Å². The average Bonchev–Trinajstić information content (AvgIpc) is 2.34. The first-order valence-corrected chi connectivity index (χ1v) is 7.12. The first-order valence-electron chi connectivity index (χ1n) is 7.12. The summed E-state index contributed by atoms with van der Waals surface area (Å²) < 4.78 is 0. The second-order valence-corrected chi connectivity index (χ2v) is 6.37. The van der Waals surface area contributed by atoms with Crippen LogP contribution in [0.25, 0.3) is 0 Å². The number of benzene rings is 1. The molecule has 1 aromatic rings. The lowest BCUT2D eigenvalue weighted by Gasteiger charge is -2.23. The zero-order valence-corrected chi connectivity index (χ0v) is 11.7. The lowest BCUT2D eigenvalue weighted by atomic mass is 9.87. The number of hydrogen-bond acceptors (Lipinski definition) is 2.